The van der Waals surface area contributed by atoms with E-state index in [-0.39, 0.29) is 5.92 Å². The zero-order valence-electron chi connectivity index (χ0n) is 31.2. The zero-order valence-corrected chi connectivity index (χ0v) is 32.1. The molecule has 0 bridgehead atoms. The summed E-state index contributed by atoms with van der Waals surface area (Å²) in [5.74, 6) is 0.952. The highest BCUT2D eigenvalue weighted by Crippen LogP contribution is 2.46. The molecule has 8 rings (SSSR count). The minimum absolute atomic E-state index is 0.220. The molecular formula is C50H50N2S. The molecule has 3 N–H and O–H groups in total. The lowest BCUT2D eigenvalue weighted by Gasteiger charge is -2.25. The molecule has 0 radical (unpaired) electrons. The maximum Gasteiger partial charge on any atom is 0.0399 e. The first-order chi connectivity index (χ1) is 26.1. The van der Waals surface area contributed by atoms with Gasteiger partial charge in [0, 0.05) is 44.8 Å². The van der Waals surface area contributed by atoms with Crippen LogP contribution >= 0.6 is 11.3 Å². The van der Waals surface area contributed by atoms with Gasteiger partial charge in [0.1, 0.15) is 0 Å². The standard InChI is InChI=1S/C42H37NS.C7H8.CH5N/c1-29(30-14-6-3-7-15-30)31-22-24-33(25-23-31)35-26-27-36(42-41(35)37-20-12-13-21-40(37)44-42)38(32-16-8-4-9-17-32)28-39(43-2)34-18-10-5-11-19-34;1-7-5-3-2-4-6-7;1-2/h3-16,18-29,32,38,43H,17H2,1-2H3;2-6H,1H3;2H2,1H3/b39-28-;;. The predicted octanol–water partition coefficient (Wildman–Crippen LogP) is 12.9. The average Bonchev–Trinajstić information content (AvgIpc) is 3.63. The van der Waals surface area contributed by atoms with Gasteiger partial charge >= 0.3 is 0 Å². The number of rotatable bonds is 8. The Morgan fingerprint density at radius 2 is 1.34 bits per heavy atom. The van der Waals surface area contributed by atoms with Crippen molar-refractivity contribution in [3.05, 3.63) is 210 Å². The van der Waals surface area contributed by atoms with Gasteiger partial charge in [-0.3, -0.25) is 0 Å². The SMILES string of the molecule is CN.CN/C(=C\C(c1ccc(-c2ccc(C(C)c3ccccc3)cc2)c2c1sc1ccccc12)C1C=CC=CC1)c1ccccc1.Cc1ccccc1. The van der Waals surface area contributed by atoms with Crippen LogP contribution in [0.25, 0.3) is 37.0 Å². The Bertz CT molecular complexity index is 2280. The Kier molecular flexibility index (Phi) is 12.9. The lowest BCUT2D eigenvalue weighted by molar-refractivity contribution is 0.590. The number of thiophene rings is 1. The van der Waals surface area contributed by atoms with Gasteiger partial charge in [-0.15, -0.1) is 11.3 Å². The van der Waals surface area contributed by atoms with Gasteiger partial charge in [-0.1, -0.05) is 188 Å². The topological polar surface area (TPSA) is 38.0 Å². The summed E-state index contributed by atoms with van der Waals surface area (Å²) in [6, 6.07) is 54.7. The second-order valence-corrected chi connectivity index (χ2v) is 14.4. The fourth-order valence-corrected chi connectivity index (χ4v) is 8.49. The van der Waals surface area contributed by atoms with Gasteiger partial charge in [-0.2, -0.15) is 0 Å². The first-order valence-electron chi connectivity index (χ1n) is 18.6. The molecule has 3 atom stereocenters. The molecule has 3 unspecified atom stereocenters. The summed E-state index contributed by atoms with van der Waals surface area (Å²) in [5, 5.41) is 6.22. The molecule has 53 heavy (non-hydrogen) atoms. The van der Waals surface area contributed by atoms with Crippen LogP contribution in [0, 0.1) is 12.8 Å². The number of fused-ring (bicyclic) bond motifs is 3. The molecule has 7 aromatic rings. The van der Waals surface area contributed by atoms with Gasteiger partial charge < -0.3 is 11.1 Å². The Hall–Kier alpha value is -5.48. The van der Waals surface area contributed by atoms with Crippen molar-refractivity contribution in [1.82, 2.24) is 5.32 Å². The molecule has 0 spiro atoms. The molecule has 0 saturated carbocycles. The van der Waals surface area contributed by atoms with E-state index in [1.807, 2.05) is 36.6 Å². The Labute approximate surface area is 320 Å². The lowest BCUT2D eigenvalue weighted by Crippen LogP contribution is -2.14. The monoisotopic (exact) mass is 710 g/mol. The number of benzene rings is 6. The summed E-state index contributed by atoms with van der Waals surface area (Å²) in [4.78, 5) is 0. The summed E-state index contributed by atoms with van der Waals surface area (Å²) in [6.07, 6.45) is 12.6. The van der Waals surface area contributed by atoms with Crippen LogP contribution in [0.4, 0.5) is 0 Å². The molecule has 1 heterocycles. The van der Waals surface area contributed by atoms with Gasteiger partial charge in [0.15, 0.2) is 0 Å². The van der Waals surface area contributed by atoms with Crippen molar-refractivity contribution in [1.29, 1.82) is 0 Å². The Morgan fingerprint density at radius 3 is 1.96 bits per heavy atom. The highest BCUT2D eigenvalue weighted by molar-refractivity contribution is 7.26. The van der Waals surface area contributed by atoms with E-state index in [2.05, 4.69) is 189 Å². The number of allylic oxidation sites excluding steroid dienone is 5. The molecule has 1 aliphatic rings. The second kappa shape index (κ2) is 18.3. The van der Waals surface area contributed by atoms with Crippen LogP contribution in [0.15, 0.2) is 182 Å². The normalized spacial score (nSPS) is 14.8. The van der Waals surface area contributed by atoms with Crippen molar-refractivity contribution in [2.75, 3.05) is 14.1 Å². The number of aryl methyl sites for hydroxylation is 1. The van der Waals surface area contributed by atoms with Crippen molar-refractivity contribution in [3.8, 4) is 11.1 Å². The van der Waals surface area contributed by atoms with Crippen molar-refractivity contribution in [2.24, 2.45) is 11.7 Å². The van der Waals surface area contributed by atoms with Crippen LogP contribution in [0.5, 0.6) is 0 Å². The molecule has 0 aliphatic heterocycles. The predicted molar refractivity (Wildman–Crippen MR) is 233 cm³/mol. The largest absolute Gasteiger partial charge is 0.388 e. The van der Waals surface area contributed by atoms with Crippen LogP contribution in [0.1, 0.15) is 53.0 Å². The van der Waals surface area contributed by atoms with Crippen molar-refractivity contribution in [3.63, 3.8) is 0 Å². The minimum Gasteiger partial charge on any atom is -0.388 e. The fourth-order valence-electron chi connectivity index (χ4n) is 7.20. The number of hydrogen-bond donors (Lipinski definition) is 2. The van der Waals surface area contributed by atoms with Crippen LogP contribution in [-0.2, 0) is 0 Å². The van der Waals surface area contributed by atoms with Gasteiger partial charge in [0.2, 0.25) is 0 Å². The van der Waals surface area contributed by atoms with E-state index >= 15 is 0 Å². The third-order valence-corrected chi connectivity index (χ3v) is 11.3. The second-order valence-electron chi connectivity index (χ2n) is 13.3. The lowest BCUT2D eigenvalue weighted by atomic mass is 9.80. The van der Waals surface area contributed by atoms with E-state index in [0.717, 1.165) is 6.42 Å². The van der Waals surface area contributed by atoms with Gasteiger partial charge in [0.05, 0.1) is 0 Å². The summed E-state index contributed by atoms with van der Waals surface area (Å²) >= 11 is 1.93. The molecule has 266 valence electrons. The quantitative estimate of drug-likeness (QED) is 0.165. The average molecular weight is 711 g/mol. The molecular weight excluding hydrogens is 661 g/mol. The van der Waals surface area contributed by atoms with E-state index in [0.29, 0.717) is 11.8 Å². The summed E-state index contributed by atoms with van der Waals surface area (Å²) < 4.78 is 2.72. The van der Waals surface area contributed by atoms with Crippen molar-refractivity contribution < 1.29 is 0 Å². The molecule has 6 aromatic carbocycles. The van der Waals surface area contributed by atoms with Crippen LogP contribution in [-0.4, -0.2) is 14.1 Å². The number of nitrogens with one attached hydrogen (secondary N) is 1. The van der Waals surface area contributed by atoms with Crippen molar-refractivity contribution in [2.45, 2.75) is 32.1 Å². The third kappa shape index (κ3) is 8.77. The van der Waals surface area contributed by atoms with Crippen LogP contribution in [0.2, 0.25) is 0 Å². The maximum absolute atomic E-state index is 4.50. The Balaban J connectivity index is 0.000000475. The highest BCUT2D eigenvalue weighted by Gasteiger charge is 2.25. The molecule has 0 amide bonds. The first kappa shape index (κ1) is 37.3. The molecule has 0 saturated heterocycles. The van der Waals surface area contributed by atoms with Gasteiger partial charge in [-0.05, 0) is 65.8 Å². The van der Waals surface area contributed by atoms with E-state index in [1.54, 1.807) is 0 Å². The fraction of sp³-hybridized carbons (Fsp3) is 0.160. The smallest absolute Gasteiger partial charge is 0.0399 e. The molecule has 1 aromatic heterocycles. The zero-order chi connectivity index (χ0) is 37.0. The number of hydrogen-bond acceptors (Lipinski definition) is 3. The summed E-state index contributed by atoms with van der Waals surface area (Å²) in [7, 11) is 3.53. The minimum atomic E-state index is 0.220. The summed E-state index contributed by atoms with van der Waals surface area (Å²) in [6.45, 7) is 4.38. The molecule has 1 aliphatic carbocycles. The van der Waals surface area contributed by atoms with E-state index in [4.69, 9.17) is 0 Å². The van der Waals surface area contributed by atoms with E-state index < -0.39 is 0 Å². The molecule has 0 fully saturated rings. The number of nitrogens with two attached hydrogens (primary N) is 1. The van der Waals surface area contributed by atoms with E-state index in [9.17, 15) is 0 Å². The third-order valence-electron chi connectivity index (χ3n) is 10.1. The van der Waals surface area contributed by atoms with Crippen LogP contribution in [0.3, 0.4) is 0 Å². The molecule has 2 nitrogen and oxygen atoms in total. The van der Waals surface area contributed by atoms with Gasteiger partial charge in [-0.25, -0.2) is 0 Å². The highest BCUT2D eigenvalue weighted by atomic mass is 32.1. The summed E-state index contributed by atoms with van der Waals surface area (Å²) in [5.41, 5.74) is 14.9. The van der Waals surface area contributed by atoms with Gasteiger partial charge in [0.25, 0.3) is 0 Å². The Morgan fingerprint density at radius 1 is 0.717 bits per heavy atom. The van der Waals surface area contributed by atoms with E-state index in [1.165, 1.54) is 71.9 Å². The van der Waals surface area contributed by atoms with Crippen LogP contribution < -0.4 is 11.1 Å². The van der Waals surface area contributed by atoms with Crippen molar-refractivity contribution >= 4 is 37.2 Å². The maximum atomic E-state index is 4.50. The first-order valence-corrected chi connectivity index (χ1v) is 19.4. The molecule has 3 heteroatoms.